The standard InChI is InChI=1S/C60H40N2O.C47H35N/c1-2-14-41(15-3-1)42-28-34-47(35-29-42)61(49-38-32-44(33-39-49)51-22-13-23-55-54-21-7-11-27-59(54)63-60(51)55)48-36-30-43(31-37-48)45-16-12-17-46(40-45)50-18-4-8-24-56(50)62-57-25-9-5-19-52(57)53-20-6-10-26-58(53)62;1-47(2)45-15-9-8-14-42(45)43-29-28-40(31-46(43)47)48(38-24-20-33(21-25-38)32-10-4-3-5-11-32)39-26-22-34(23-27-39)37-19-18-36-17-16-35-12-6-7-13-41(35)44(36)30-37/h1-40H;3-31H,1-2H3. The average Bonchev–Trinajstić information content (AvgIpc) is 1.60. The van der Waals surface area contributed by atoms with Crippen molar-refractivity contribution in [3.63, 3.8) is 0 Å². The van der Waals surface area contributed by atoms with Crippen LogP contribution in [0.15, 0.2) is 423 Å². The second-order valence-corrected chi connectivity index (χ2v) is 29.5. The van der Waals surface area contributed by atoms with Crippen molar-refractivity contribution in [2.45, 2.75) is 19.3 Å². The molecule has 2 heterocycles. The average molecular weight is 1420 g/mol. The van der Waals surface area contributed by atoms with E-state index in [1.54, 1.807) is 0 Å². The molecule has 2 aromatic heterocycles. The lowest BCUT2D eigenvalue weighted by Gasteiger charge is -2.28. The van der Waals surface area contributed by atoms with Gasteiger partial charge in [-0.2, -0.15) is 0 Å². The van der Waals surface area contributed by atoms with Crippen LogP contribution in [-0.4, -0.2) is 4.57 Å². The molecule has 21 rings (SSSR count). The quantitative estimate of drug-likeness (QED) is 0.108. The molecule has 0 unspecified atom stereocenters. The SMILES string of the molecule is CC1(C)c2ccccc2-c2ccc(N(c3ccc(-c4ccccc4)cc3)c3ccc(-c4ccc5ccc6ccccc6c5c4)cc3)cc21.c1ccc(-c2ccc(N(c3ccc(-c4cccc(-c5ccccc5-n5c6ccccc6c6ccccc65)c4)cc3)c3ccc(-c4cccc5c4oc4ccccc45)cc3)cc2)cc1. The van der Waals surface area contributed by atoms with E-state index in [1.165, 1.54) is 116 Å². The maximum Gasteiger partial charge on any atom is 0.143 e. The number of anilines is 6. The number of para-hydroxylation sites is 5. The zero-order valence-corrected chi connectivity index (χ0v) is 61.6. The summed E-state index contributed by atoms with van der Waals surface area (Å²) in [6.45, 7) is 4.70. The molecule has 0 amide bonds. The Morgan fingerprint density at radius 3 is 1.23 bits per heavy atom. The Kier molecular flexibility index (Phi) is 16.6. The van der Waals surface area contributed by atoms with Gasteiger partial charge in [-0.15, -0.1) is 0 Å². The molecule has 0 saturated carbocycles. The molecule has 1 aliphatic carbocycles. The number of hydrogen-bond acceptors (Lipinski definition) is 3. The molecule has 4 nitrogen and oxygen atoms in total. The number of nitrogens with zero attached hydrogens (tertiary/aromatic N) is 3. The third-order valence-corrected chi connectivity index (χ3v) is 22.7. The molecule has 111 heavy (non-hydrogen) atoms. The van der Waals surface area contributed by atoms with E-state index in [-0.39, 0.29) is 5.41 Å². The van der Waals surface area contributed by atoms with Crippen LogP contribution in [0.25, 0.3) is 149 Å². The maximum absolute atomic E-state index is 6.42. The lowest BCUT2D eigenvalue weighted by atomic mass is 9.82. The summed E-state index contributed by atoms with van der Waals surface area (Å²) in [4.78, 5) is 4.73. The zero-order valence-electron chi connectivity index (χ0n) is 61.6. The van der Waals surface area contributed by atoms with E-state index in [0.29, 0.717) is 0 Å². The maximum atomic E-state index is 6.42. The Labute approximate surface area is 646 Å². The first-order valence-electron chi connectivity index (χ1n) is 38.3. The monoisotopic (exact) mass is 1420 g/mol. The summed E-state index contributed by atoms with van der Waals surface area (Å²) >= 11 is 0. The minimum atomic E-state index is -0.0745. The van der Waals surface area contributed by atoms with Crippen molar-refractivity contribution in [3.05, 3.63) is 430 Å². The van der Waals surface area contributed by atoms with Gasteiger partial charge in [-0.1, -0.05) is 323 Å². The lowest BCUT2D eigenvalue weighted by Crippen LogP contribution is -2.16. The van der Waals surface area contributed by atoms with Crippen molar-refractivity contribution in [2.75, 3.05) is 9.80 Å². The lowest BCUT2D eigenvalue weighted by molar-refractivity contribution is 0.660. The third-order valence-electron chi connectivity index (χ3n) is 22.7. The van der Waals surface area contributed by atoms with Crippen LogP contribution in [0, 0.1) is 0 Å². The molecule has 18 aromatic carbocycles. The van der Waals surface area contributed by atoms with Crippen molar-refractivity contribution in [2.24, 2.45) is 0 Å². The first-order chi connectivity index (χ1) is 54.8. The van der Waals surface area contributed by atoms with Gasteiger partial charge in [0.05, 0.1) is 16.7 Å². The van der Waals surface area contributed by atoms with Crippen LogP contribution in [0.4, 0.5) is 34.1 Å². The fourth-order valence-corrected chi connectivity index (χ4v) is 17.1. The fraction of sp³-hybridized carbons (Fsp3) is 0.0280. The van der Waals surface area contributed by atoms with E-state index in [0.717, 1.165) is 78.4 Å². The van der Waals surface area contributed by atoms with Gasteiger partial charge in [-0.3, -0.25) is 0 Å². The first kappa shape index (κ1) is 66.1. The van der Waals surface area contributed by atoms with Gasteiger partial charge in [0.2, 0.25) is 0 Å². The van der Waals surface area contributed by atoms with Crippen molar-refractivity contribution < 1.29 is 4.42 Å². The Morgan fingerprint density at radius 2 is 0.613 bits per heavy atom. The molecular formula is C107H75N3O. The minimum Gasteiger partial charge on any atom is -0.455 e. The molecule has 0 bridgehead atoms. The predicted molar refractivity (Wildman–Crippen MR) is 469 cm³/mol. The Bertz CT molecular complexity index is 6820. The van der Waals surface area contributed by atoms with Crippen molar-refractivity contribution >= 4 is 99.4 Å². The molecule has 1 aliphatic rings. The van der Waals surface area contributed by atoms with Gasteiger partial charge in [-0.25, -0.2) is 0 Å². The van der Waals surface area contributed by atoms with E-state index in [4.69, 9.17) is 4.42 Å². The Balaban J connectivity index is 0.000000150. The number of furan rings is 1. The van der Waals surface area contributed by atoms with Crippen LogP contribution in [-0.2, 0) is 5.41 Å². The summed E-state index contributed by atoms with van der Waals surface area (Å²) < 4.78 is 8.84. The molecule has 0 aliphatic heterocycles. The van der Waals surface area contributed by atoms with Gasteiger partial charge in [0, 0.05) is 72.2 Å². The summed E-state index contributed by atoms with van der Waals surface area (Å²) in [6.07, 6.45) is 0. The van der Waals surface area contributed by atoms with Crippen LogP contribution in [0.3, 0.4) is 0 Å². The van der Waals surface area contributed by atoms with E-state index in [2.05, 4.69) is 435 Å². The highest BCUT2D eigenvalue weighted by molar-refractivity contribution is 6.12. The predicted octanol–water partition coefficient (Wildman–Crippen LogP) is 29.9. The summed E-state index contributed by atoms with van der Waals surface area (Å²) in [5.74, 6) is 0. The van der Waals surface area contributed by atoms with Gasteiger partial charge < -0.3 is 18.8 Å². The van der Waals surface area contributed by atoms with Gasteiger partial charge in [0.15, 0.2) is 0 Å². The van der Waals surface area contributed by atoms with E-state index < -0.39 is 0 Å². The molecule has 0 spiro atoms. The number of hydrogen-bond donors (Lipinski definition) is 0. The van der Waals surface area contributed by atoms with Crippen molar-refractivity contribution in [1.29, 1.82) is 0 Å². The first-order valence-corrected chi connectivity index (χ1v) is 38.3. The molecular weight excluding hydrogens is 1340 g/mol. The van der Waals surface area contributed by atoms with Crippen molar-refractivity contribution in [3.8, 4) is 83.6 Å². The van der Waals surface area contributed by atoms with Crippen LogP contribution in [0.2, 0.25) is 0 Å². The number of benzene rings is 18. The molecule has 0 fully saturated rings. The summed E-state index contributed by atoms with van der Waals surface area (Å²) in [6, 6.07) is 151. The molecule has 0 N–H and O–H groups in total. The fourth-order valence-electron chi connectivity index (χ4n) is 17.1. The smallest absolute Gasteiger partial charge is 0.143 e. The molecule has 524 valence electrons. The second-order valence-electron chi connectivity index (χ2n) is 29.5. The van der Waals surface area contributed by atoms with Crippen LogP contribution < -0.4 is 9.80 Å². The van der Waals surface area contributed by atoms with E-state index >= 15 is 0 Å². The topological polar surface area (TPSA) is 24.6 Å². The van der Waals surface area contributed by atoms with Gasteiger partial charge in [0.1, 0.15) is 11.2 Å². The number of rotatable bonds is 13. The zero-order chi connectivity index (χ0) is 73.9. The van der Waals surface area contributed by atoms with Crippen LogP contribution in [0.5, 0.6) is 0 Å². The minimum absolute atomic E-state index is 0.0745. The highest BCUT2D eigenvalue weighted by Crippen LogP contribution is 2.52. The summed E-state index contributed by atoms with van der Waals surface area (Å²) in [5, 5.41) is 9.90. The Hall–Kier alpha value is -14.3. The van der Waals surface area contributed by atoms with Gasteiger partial charge >= 0.3 is 0 Å². The molecule has 4 heteroatoms. The molecule has 0 radical (unpaired) electrons. The number of aromatic nitrogens is 1. The number of fused-ring (bicyclic) bond motifs is 12. The summed E-state index contributed by atoms with van der Waals surface area (Å²) in [7, 11) is 0. The molecule has 0 atom stereocenters. The third kappa shape index (κ3) is 12.0. The van der Waals surface area contributed by atoms with Gasteiger partial charge in [0.25, 0.3) is 0 Å². The summed E-state index contributed by atoms with van der Waals surface area (Å²) in [5.41, 5.74) is 31.5. The highest BCUT2D eigenvalue weighted by atomic mass is 16.3. The van der Waals surface area contributed by atoms with Crippen LogP contribution in [0.1, 0.15) is 25.0 Å². The Morgan fingerprint density at radius 1 is 0.225 bits per heavy atom. The van der Waals surface area contributed by atoms with E-state index in [9.17, 15) is 0 Å². The van der Waals surface area contributed by atoms with Crippen LogP contribution >= 0.6 is 0 Å². The van der Waals surface area contributed by atoms with E-state index in [1.807, 2.05) is 12.1 Å². The second kappa shape index (κ2) is 27.8. The highest BCUT2D eigenvalue weighted by Gasteiger charge is 2.36. The largest absolute Gasteiger partial charge is 0.455 e. The molecule has 0 saturated heterocycles. The van der Waals surface area contributed by atoms with Crippen molar-refractivity contribution in [1.82, 2.24) is 4.57 Å². The van der Waals surface area contributed by atoms with Gasteiger partial charge in [-0.05, 0) is 209 Å². The normalized spacial score (nSPS) is 12.1. The molecule has 20 aromatic rings.